The highest BCUT2D eigenvalue weighted by Crippen LogP contribution is 2.23. The number of nitrogens with two attached hydrogens (primary N) is 1. The zero-order valence-electron chi connectivity index (χ0n) is 12.4. The zero-order valence-corrected chi connectivity index (χ0v) is 12.4. The number of hydrazine groups is 1. The van der Waals surface area contributed by atoms with Gasteiger partial charge < -0.3 is 15.5 Å². The summed E-state index contributed by atoms with van der Waals surface area (Å²) in [5, 5.41) is 2.89. The predicted molar refractivity (Wildman–Crippen MR) is 84.7 cm³/mol. The molecule has 2 aromatic rings. The van der Waals surface area contributed by atoms with Crippen LogP contribution in [0.25, 0.3) is 0 Å². The molecule has 0 saturated carbocycles. The van der Waals surface area contributed by atoms with Crippen molar-refractivity contribution in [3.8, 4) is 5.75 Å². The lowest BCUT2D eigenvalue weighted by atomic mass is 10.1. The lowest BCUT2D eigenvalue weighted by Crippen LogP contribution is -2.18. The van der Waals surface area contributed by atoms with Crippen molar-refractivity contribution in [1.29, 1.82) is 0 Å². The first-order valence-corrected chi connectivity index (χ1v) is 6.58. The standard InChI is InChI=1S/C16H19N3O2/c1-10-4-6-15(19-17)13(8-10)16(20)18-14-7-5-12(21-3)9-11(14)2/h4-9,19H,17H2,1-3H3,(H,18,20). The SMILES string of the molecule is COc1ccc(NC(=O)c2cc(C)ccc2NN)c(C)c1. The molecule has 4 N–H and O–H groups in total. The molecule has 0 fully saturated rings. The van der Waals surface area contributed by atoms with Crippen LogP contribution in [0.4, 0.5) is 11.4 Å². The van der Waals surface area contributed by atoms with E-state index in [1.54, 1.807) is 25.3 Å². The van der Waals surface area contributed by atoms with Gasteiger partial charge in [-0.1, -0.05) is 11.6 Å². The lowest BCUT2D eigenvalue weighted by molar-refractivity contribution is 0.102. The van der Waals surface area contributed by atoms with Crippen LogP contribution in [0.5, 0.6) is 5.75 Å². The first-order chi connectivity index (χ1) is 10.0. The lowest BCUT2D eigenvalue weighted by Gasteiger charge is -2.13. The van der Waals surface area contributed by atoms with Gasteiger partial charge >= 0.3 is 0 Å². The molecule has 21 heavy (non-hydrogen) atoms. The summed E-state index contributed by atoms with van der Waals surface area (Å²) < 4.78 is 5.15. The summed E-state index contributed by atoms with van der Waals surface area (Å²) in [5.41, 5.74) is 6.30. The maximum atomic E-state index is 12.4. The van der Waals surface area contributed by atoms with Gasteiger partial charge in [-0.15, -0.1) is 0 Å². The topological polar surface area (TPSA) is 76.4 Å². The van der Waals surface area contributed by atoms with Gasteiger partial charge in [0.15, 0.2) is 0 Å². The molecule has 0 unspecified atom stereocenters. The van der Waals surface area contributed by atoms with Crippen LogP contribution in [0.3, 0.4) is 0 Å². The van der Waals surface area contributed by atoms with E-state index in [2.05, 4.69) is 10.7 Å². The van der Waals surface area contributed by atoms with Crippen molar-refractivity contribution in [2.75, 3.05) is 17.9 Å². The quantitative estimate of drug-likeness (QED) is 0.596. The molecule has 0 atom stereocenters. The van der Waals surface area contributed by atoms with Gasteiger partial charge in [0, 0.05) is 5.69 Å². The van der Waals surface area contributed by atoms with Crippen molar-refractivity contribution in [2.24, 2.45) is 5.84 Å². The van der Waals surface area contributed by atoms with Crippen LogP contribution in [0, 0.1) is 13.8 Å². The van der Waals surface area contributed by atoms with Gasteiger partial charge in [0.2, 0.25) is 0 Å². The molecule has 0 aromatic heterocycles. The van der Waals surface area contributed by atoms with Crippen LogP contribution in [-0.2, 0) is 0 Å². The number of ether oxygens (including phenoxy) is 1. The molecule has 0 spiro atoms. The van der Waals surface area contributed by atoms with E-state index in [1.807, 2.05) is 32.0 Å². The molecule has 0 aliphatic heterocycles. The molecule has 0 radical (unpaired) electrons. The van der Waals surface area contributed by atoms with Crippen LogP contribution in [0.15, 0.2) is 36.4 Å². The van der Waals surface area contributed by atoms with Crippen LogP contribution >= 0.6 is 0 Å². The minimum atomic E-state index is -0.208. The second-order valence-electron chi connectivity index (χ2n) is 4.83. The Morgan fingerprint density at radius 3 is 2.43 bits per heavy atom. The number of anilines is 2. The van der Waals surface area contributed by atoms with E-state index in [9.17, 15) is 4.79 Å². The minimum Gasteiger partial charge on any atom is -0.497 e. The number of nitrogens with one attached hydrogen (secondary N) is 2. The van der Waals surface area contributed by atoms with Gasteiger partial charge in [-0.3, -0.25) is 10.6 Å². The van der Waals surface area contributed by atoms with E-state index < -0.39 is 0 Å². The average Bonchev–Trinajstić information content (AvgIpc) is 2.49. The van der Waals surface area contributed by atoms with E-state index in [1.165, 1.54) is 0 Å². The van der Waals surface area contributed by atoms with Crippen molar-refractivity contribution < 1.29 is 9.53 Å². The van der Waals surface area contributed by atoms with Gasteiger partial charge in [0.25, 0.3) is 5.91 Å². The van der Waals surface area contributed by atoms with Gasteiger partial charge in [-0.2, -0.15) is 0 Å². The van der Waals surface area contributed by atoms with Gasteiger partial charge in [0.1, 0.15) is 5.75 Å². The number of rotatable bonds is 4. The van der Waals surface area contributed by atoms with Crippen LogP contribution in [-0.4, -0.2) is 13.0 Å². The molecule has 5 nitrogen and oxygen atoms in total. The summed E-state index contributed by atoms with van der Waals surface area (Å²) in [6.07, 6.45) is 0. The highest BCUT2D eigenvalue weighted by atomic mass is 16.5. The summed E-state index contributed by atoms with van der Waals surface area (Å²) in [7, 11) is 1.61. The van der Waals surface area contributed by atoms with Crippen LogP contribution in [0.2, 0.25) is 0 Å². The second-order valence-corrected chi connectivity index (χ2v) is 4.83. The van der Waals surface area contributed by atoms with Gasteiger partial charge in [-0.25, -0.2) is 0 Å². The van der Waals surface area contributed by atoms with Gasteiger partial charge in [-0.05, 0) is 49.7 Å². The molecule has 110 valence electrons. The third-order valence-corrected chi connectivity index (χ3v) is 3.26. The van der Waals surface area contributed by atoms with Crippen molar-refractivity contribution in [1.82, 2.24) is 0 Å². The fraction of sp³-hybridized carbons (Fsp3) is 0.188. The van der Waals surface area contributed by atoms with Crippen molar-refractivity contribution >= 4 is 17.3 Å². The Balaban J connectivity index is 2.28. The smallest absolute Gasteiger partial charge is 0.257 e. The maximum absolute atomic E-state index is 12.4. The van der Waals surface area contributed by atoms with Crippen LogP contribution in [0.1, 0.15) is 21.5 Å². The molecule has 2 aromatic carbocycles. The number of nitrogen functional groups attached to an aromatic ring is 1. The number of benzene rings is 2. The third-order valence-electron chi connectivity index (χ3n) is 3.26. The molecule has 0 saturated heterocycles. The Bertz CT molecular complexity index is 669. The van der Waals surface area contributed by atoms with E-state index in [0.29, 0.717) is 11.3 Å². The van der Waals surface area contributed by atoms with Gasteiger partial charge in [0.05, 0.1) is 18.4 Å². The van der Waals surface area contributed by atoms with Crippen LogP contribution < -0.4 is 21.3 Å². The molecule has 0 bridgehead atoms. The Hall–Kier alpha value is -2.53. The number of carbonyl (C=O) groups excluding carboxylic acids is 1. The third kappa shape index (κ3) is 3.32. The fourth-order valence-electron chi connectivity index (χ4n) is 2.06. The Morgan fingerprint density at radius 2 is 1.81 bits per heavy atom. The van der Waals surface area contributed by atoms with E-state index in [0.717, 1.165) is 22.6 Å². The minimum absolute atomic E-state index is 0.208. The number of amides is 1. The first-order valence-electron chi connectivity index (χ1n) is 6.58. The molecular formula is C16H19N3O2. The summed E-state index contributed by atoms with van der Waals surface area (Å²) >= 11 is 0. The Kier molecular flexibility index (Phi) is 4.45. The Labute approximate surface area is 124 Å². The number of carbonyl (C=O) groups is 1. The normalized spacial score (nSPS) is 10.1. The molecule has 1 amide bonds. The molecule has 0 aliphatic rings. The van der Waals surface area contributed by atoms with E-state index in [4.69, 9.17) is 10.6 Å². The van der Waals surface area contributed by atoms with Crippen molar-refractivity contribution in [2.45, 2.75) is 13.8 Å². The highest BCUT2D eigenvalue weighted by molar-refractivity contribution is 6.08. The summed E-state index contributed by atoms with van der Waals surface area (Å²) in [6.45, 7) is 3.84. The molecule has 0 heterocycles. The number of hydrogen-bond donors (Lipinski definition) is 3. The summed E-state index contributed by atoms with van der Waals surface area (Å²) in [6, 6.07) is 11.0. The second kappa shape index (κ2) is 6.28. The first kappa shape index (κ1) is 14.9. The largest absolute Gasteiger partial charge is 0.497 e. The average molecular weight is 285 g/mol. The van der Waals surface area contributed by atoms with E-state index in [-0.39, 0.29) is 5.91 Å². The number of methoxy groups -OCH3 is 1. The molecule has 0 aliphatic carbocycles. The van der Waals surface area contributed by atoms with Crippen molar-refractivity contribution in [3.05, 3.63) is 53.1 Å². The zero-order chi connectivity index (χ0) is 15.4. The predicted octanol–water partition coefficient (Wildman–Crippen LogP) is 2.85. The number of hydrogen-bond acceptors (Lipinski definition) is 4. The highest BCUT2D eigenvalue weighted by Gasteiger charge is 2.12. The number of aryl methyl sites for hydroxylation is 2. The summed E-state index contributed by atoms with van der Waals surface area (Å²) in [4.78, 5) is 12.4. The van der Waals surface area contributed by atoms with Crippen molar-refractivity contribution in [3.63, 3.8) is 0 Å². The molecule has 2 rings (SSSR count). The Morgan fingerprint density at radius 1 is 1.10 bits per heavy atom. The molecular weight excluding hydrogens is 266 g/mol. The summed E-state index contributed by atoms with van der Waals surface area (Å²) in [5.74, 6) is 6.00. The monoisotopic (exact) mass is 285 g/mol. The fourth-order valence-corrected chi connectivity index (χ4v) is 2.06. The molecule has 5 heteroatoms. The maximum Gasteiger partial charge on any atom is 0.257 e. The van der Waals surface area contributed by atoms with E-state index >= 15 is 0 Å².